The first-order valence-corrected chi connectivity index (χ1v) is 11.8. The number of benzene rings is 1. The molecule has 1 aliphatic heterocycles. The van der Waals surface area contributed by atoms with Crippen LogP contribution in [-0.4, -0.2) is 65.9 Å². The van der Waals surface area contributed by atoms with E-state index in [2.05, 4.69) is 20.6 Å². The van der Waals surface area contributed by atoms with E-state index in [0.717, 1.165) is 12.1 Å². The lowest BCUT2D eigenvalue weighted by molar-refractivity contribution is -0.136. The van der Waals surface area contributed by atoms with Gasteiger partial charge in [0.1, 0.15) is 17.7 Å². The van der Waals surface area contributed by atoms with Gasteiger partial charge in [0.25, 0.3) is 0 Å². The Hall–Kier alpha value is -3.17. The molecule has 3 amide bonds. The number of amides is 3. The van der Waals surface area contributed by atoms with Crippen molar-refractivity contribution in [1.82, 2.24) is 15.5 Å². The van der Waals surface area contributed by atoms with Crippen LogP contribution in [0.1, 0.15) is 59.4 Å². The zero-order valence-electron chi connectivity index (χ0n) is 21.1. The van der Waals surface area contributed by atoms with Crippen molar-refractivity contribution in [2.45, 2.75) is 78.2 Å². The van der Waals surface area contributed by atoms with Crippen molar-refractivity contribution in [3.8, 4) is 0 Å². The summed E-state index contributed by atoms with van der Waals surface area (Å²) in [4.78, 5) is 48.2. The van der Waals surface area contributed by atoms with E-state index < -0.39 is 35.8 Å². The Morgan fingerprint density at radius 2 is 1.77 bits per heavy atom. The van der Waals surface area contributed by atoms with Crippen LogP contribution in [0.5, 0.6) is 0 Å². The largest absolute Gasteiger partial charge is 0.348 e. The number of nitrogens with one attached hydrogen (secondary N) is 2. The summed E-state index contributed by atoms with van der Waals surface area (Å²) in [5.74, 6) is -2.25. The third-order valence-corrected chi connectivity index (χ3v) is 5.79. The summed E-state index contributed by atoms with van der Waals surface area (Å²) in [6.45, 7) is 9.37. The topological polar surface area (TPSA) is 103 Å². The van der Waals surface area contributed by atoms with Gasteiger partial charge in [0.2, 0.25) is 17.7 Å². The van der Waals surface area contributed by atoms with Gasteiger partial charge in [0.15, 0.2) is 6.17 Å². The van der Waals surface area contributed by atoms with Crippen molar-refractivity contribution < 1.29 is 23.2 Å². The summed E-state index contributed by atoms with van der Waals surface area (Å²) >= 11 is 0. The fourth-order valence-electron chi connectivity index (χ4n) is 3.33. The van der Waals surface area contributed by atoms with Crippen LogP contribution in [0, 0.1) is 17.6 Å². The summed E-state index contributed by atoms with van der Waals surface area (Å²) in [5.41, 5.74) is 0.342. The van der Waals surface area contributed by atoms with Gasteiger partial charge in [-0.3, -0.25) is 24.4 Å². The standard InChI is InChI=1S/C25H35F2N5O3/c1-14(2)7-10-22(33)30-20(12-23(34)32(6)15(3)4)25(35)29-16(5)24-28-13-21(31-24)18-9-8-17(26)11-19(18)27/h8-9,11,13-16,20,24H,7,10,12H2,1-6H3,(H,29,35)(H,30,33)/t16-,20-,24?/m0/s1. The fourth-order valence-corrected chi connectivity index (χ4v) is 3.33. The van der Waals surface area contributed by atoms with Gasteiger partial charge < -0.3 is 15.5 Å². The van der Waals surface area contributed by atoms with E-state index in [1.54, 1.807) is 14.0 Å². The lowest BCUT2D eigenvalue weighted by Gasteiger charge is -2.26. The predicted molar refractivity (Wildman–Crippen MR) is 131 cm³/mol. The minimum Gasteiger partial charge on any atom is -0.348 e. The molecule has 2 N–H and O–H groups in total. The van der Waals surface area contributed by atoms with Gasteiger partial charge in [0, 0.05) is 31.1 Å². The van der Waals surface area contributed by atoms with E-state index >= 15 is 0 Å². The molecule has 0 radical (unpaired) electrons. The van der Waals surface area contributed by atoms with Gasteiger partial charge in [0.05, 0.1) is 24.4 Å². The summed E-state index contributed by atoms with van der Waals surface area (Å²) in [5, 5.41) is 5.44. The van der Waals surface area contributed by atoms with Crippen molar-refractivity contribution in [2.75, 3.05) is 7.05 Å². The molecule has 0 saturated heterocycles. The SMILES string of the molecule is CC(C)CCC(=O)N[C@@H](CC(=O)N(C)C(C)C)C(=O)N[C@@H](C)C1N=CC(c2ccc(F)cc2F)=N1. The summed E-state index contributed by atoms with van der Waals surface area (Å²) in [6, 6.07) is 1.45. The van der Waals surface area contributed by atoms with E-state index in [1.807, 2.05) is 27.7 Å². The van der Waals surface area contributed by atoms with Crippen molar-refractivity contribution >= 4 is 29.6 Å². The molecule has 0 aromatic heterocycles. The molecule has 1 aromatic carbocycles. The van der Waals surface area contributed by atoms with E-state index in [0.29, 0.717) is 12.3 Å². The smallest absolute Gasteiger partial charge is 0.243 e. The first-order chi connectivity index (χ1) is 16.4. The van der Waals surface area contributed by atoms with Gasteiger partial charge in [-0.1, -0.05) is 13.8 Å². The lowest BCUT2D eigenvalue weighted by Crippen LogP contribution is -2.53. The molecule has 1 aliphatic rings. The summed E-state index contributed by atoms with van der Waals surface area (Å²) < 4.78 is 27.3. The predicted octanol–water partition coefficient (Wildman–Crippen LogP) is 2.85. The second kappa shape index (κ2) is 12.5. The number of rotatable bonds is 11. The molecule has 0 fully saturated rings. The second-order valence-corrected chi connectivity index (χ2v) is 9.48. The third kappa shape index (κ3) is 8.22. The Morgan fingerprint density at radius 1 is 1.09 bits per heavy atom. The van der Waals surface area contributed by atoms with Gasteiger partial charge in [-0.2, -0.15) is 0 Å². The Kier molecular flexibility index (Phi) is 10.0. The number of carbonyl (C=O) groups is 3. The lowest BCUT2D eigenvalue weighted by atomic mass is 10.1. The molecule has 0 aliphatic carbocycles. The van der Waals surface area contributed by atoms with Crippen LogP contribution in [0.3, 0.4) is 0 Å². The van der Waals surface area contributed by atoms with Crippen molar-refractivity contribution in [2.24, 2.45) is 15.9 Å². The zero-order chi connectivity index (χ0) is 26.3. The molecule has 35 heavy (non-hydrogen) atoms. The Morgan fingerprint density at radius 3 is 2.37 bits per heavy atom. The number of hydrogen-bond acceptors (Lipinski definition) is 5. The molecule has 2 rings (SSSR count). The molecule has 1 unspecified atom stereocenters. The normalized spacial score (nSPS) is 16.7. The first kappa shape index (κ1) is 28.1. The van der Waals surface area contributed by atoms with Crippen LogP contribution in [-0.2, 0) is 14.4 Å². The van der Waals surface area contributed by atoms with E-state index in [1.165, 1.54) is 17.2 Å². The fraction of sp³-hybridized carbons (Fsp3) is 0.560. The zero-order valence-corrected chi connectivity index (χ0v) is 21.1. The van der Waals surface area contributed by atoms with Gasteiger partial charge in [-0.05, 0) is 45.2 Å². The van der Waals surface area contributed by atoms with Crippen LogP contribution >= 0.6 is 0 Å². The quantitative estimate of drug-likeness (QED) is 0.498. The van der Waals surface area contributed by atoms with Crippen molar-refractivity contribution in [3.05, 3.63) is 35.4 Å². The Bertz CT molecular complexity index is 993. The van der Waals surface area contributed by atoms with E-state index in [9.17, 15) is 23.2 Å². The van der Waals surface area contributed by atoms with E-state index in [4.69, 9.17) is 0 Å². The monoisotopic (exact) mass is 491 g/mol. The maximum atomic E-state index is 14.1. The molecule has 10 heteroatoms. The number of hydrogen-bond donors (Lipinski definition) is 2. The highest BCUT2D eigenvalue weighted by Gasteiger charge is 2.30. The highest BCUT2D eigenvalue weighted by atomic mass is 19.1. The molecule has 0 bridgehead atoms. The average molecular weight is 492 g/mol. The molecule has 0 spiro atoms. The third-order valence-electron chi connectivity index (χ3n) is 5.79. The highest BCUT2D eigenvalue weighted by molar-refractivity contribution is 6.39. The molecule has 192 valence electrons. The number of halogens is 2. The molecule has 1 heterocycles. The van der Waals surface area contributed by atoms with Crippen LogP contribution in [0.2, 0.25) is 0 Å². The maximum Gasteiger partial charge on any atom is 0.243 e. The molecule has 0 saturated carbocycles. The van der Waals surface area contributed by atoms with Crippen LogP contribution < -0.4 is 10.6 Å². The van der Waals surface area contributed by atoms with Crippen molar-refractivity contribution in [1.29, 1.82) is 0 Å². The summed E-state index contributed by atoms with van der Waals surface area (Å²) in [7, 11) is 1.64. The van der Waals surface area contributed by atoms with Crippen molar-refractivity contribution in [3.63, 3.8) is 0 Å². The summed E-state index contributed by atoms with van der Waals surface area (Å²) in [6.07, 6.45) is 1.35. The Balaban J connectivity index is 2.10. The molecule has 8 nitrogen and oxygen atoms in total. The first-order valence-electron chi connectivity index (χ1n) is 11.8. The molecular formula is C25H35F2N5O3. The number of aliphatic imine (C=N–C) groups is 2. The van der Waals surface area contributed by atoms with Crippen LogP contribution in [0.25, 0.3) is 0 Å². The van der Waals surface area contributed by atoms with E-state index in [-0.39, 0.29) is 42.0 Å². The molecule has 3 atom stereocenters. The minimum atomic E-state index is -1.06. The minimum absolute atomic E-state index is 0.0609. The van der Waals surface area contributed by atoms with Crippen LogP contribution in [0.4, 0.5) is 8.78 Å². The van der Waals surface area contributed by atoms with Crippen LogP contribution in [0.15, 0.2) is 28.2 Å². The van der Waals surface area contributed by atoms with Gasteiger partial charge >= 0.3 is 0 Å². The highest BCUT2D eigenvalue weighted by Crippen LogP contribution is 2.16. The molecule has 1 aromatic rings. The second-order valence-electron chi connectivity index (χ2n) is 9.48. The maximum absolute atomic E-state index is 14.1. The number of carbonyl (C=O) groups excluding carboxylic acids is 3. The van der Waals surface area contributed by atoms with Gasteiger partial charge in [-0.15, -0.1) is 0 Å². The number of nitrogens with zero attached hydrogens (tertiary/aromatic N) is 3. The Labute approximate surface area is 205 Å². The van der Waals surface area contributed by atoms with Gasteiger partial charge in [-0.25, -0.2) is 8.78 Å². The molecular weight excluding hydrogens is 456 g/mol. The average Bonchev–Trinajstić information content (AvgIpc) is 3.26.